The second kappa shape index (κ2) is 4.24. The third kappa shape index (κ3) is 2.15. The van der Waals surface area contributed by atoms with Crippen molar-refractivity contribution in [1.29, 1.82) is 0 Å². The molecule has 6 heteroatoms. The minimum Gasteiger partial charge on any atom is -0.317 e. The van der Waals surface area contributed by atoms with Crippen molar-refractivity contribution in [1.82, 2.24) is 15.3 Å². The first-order valence-corrected chi connectivity index (χ1v) is 6.46. The van der Waals surface area contributed by atoms with Gasteiger partial charge in [-0.25, -0.2) is 13.4 Å². The van der Waals surface area contributed by atoms with Crippen molar-refractivity contribution in [2.75, 3.05) is 13.1 Å². The van der Waals surface area contributed by atoms with Crippen LogP contribution in [0.5, 0.6) is 0 Å². The van der Waals surface area contributed by atoms with Crippen LogP contribution in [0.2, 0.25) is 0 Å². The summed E-state index contributed by atoms with van der Waals surface area (Å²) in [6.45, 7) is 1.51. The summed E-state index contributed by atoms with van der Waals surface area (Å²) in [5.74, 6) is 0. The predicted octanol–water partition coefficient (Wildman–Crippen LogP) is 0.00230. The Balaban J connectivity index is 2.26. The van der Waals surface area contributed by atoms with Gasteiger partial charge in [-0.3, -0.25) is 4.98 Å². The zero-order chi connectivity index (χ0) is 10.7. The van der Waals surface area contributed by atoms with Crippen molar-refractivity contribution in [3.8, 4) is 0 Å². The Morgan fingerprint density at radius 3 is 2.60 bits per heavy atom. The Hall–Kier alpha value is -1.01. The van der Waals surface area contributed by atoms with Gasteiger partial charge in [-0.1, -0.05) is 0 Å². The molecule has 0 aromatic carbocycles. The molecule has 0 bridgehead atoms. The molecule has 15 heavy (non-hydrogen) atoms. The van der Waals surface area contributed by atoms with E-state index in [2.05, 4.69) is 15.3 Å². The lowest BCUT2D eigenvalue weighted by molar-refractivity contribution is 0.494. The summed E-state index contributed by atoms with van der Waals surface area (Å²) in [6.07, 6.45) is 5.50. The molecule has 0 unspecified atom stereocenters. The maximum absolute atomic E-state index is 12.1. The zero-order valence-electron chi connectivity index (χ0n) is 8.26. The Kier molecular flexibility index (Phi) is 2.97. The van der Waals surface area contributed by atoms with Crippen LogP contribution in [0.3, 0.4) is 0 Å². The fraction of sp³-hybridized carbons (Fsp3) is 0.556. The van der Waals surface area contributed by atoms with Crippen molar-refractivity contribution in [2.45, 2.75) is 23.1 Å². The number of nitrogens with one attached hydrogen (secondary N) is 1. The van der Waals surface area contributed by atoms with Crippen LogP contribution in [0.25, 0.3) is 0 Å². The molecular formula is C9H13N3O2S. The topological polar surface area (TPSA) is 72.0 Å². The van der Waals surface area contributed by atoms with Crippen LogP contribution in [0.15, 0.2) is 23.6 Å². The molecule has 1 aromatic rings. The normalized spacial score (nSPS) is 18.9. The standard InChI is InChI=1S/C9H13N3O2S/c13-15(14,8-1-3-10-4-2-8)9-7-11-5-6-12-9/h5-8,10H,1-4H2. The van der Waals surface area contributed by atoms with Crippen molar-refractivity contribution < 1.29 is 8.42 Å². The minimum atomic E-state index is -3.28. The summed E-state index contributed by atoms with van der Waals surface area (Å²) >= 11 is 0. The van der Waals surface area contributed by atoms with Gasteiger partial charge in [0.2, 0.25) is 0 Å². The lowest BCUT2D eigenvalue weighted by atomic mass is 10.2. The predicted molar refractivity (Wildman–Crippen MR) is 55.1 cm³/mol. The van der Waals surface area contributed by atoms with Gasteiger partial charge < -0.3 is 5.32 Å². The van der Waals surface area contributed by atoms with Gasteiger partial charge >= 0.3 is 0 Å². The molecule has 1 saturated heterocycles. The van der Waals surface area contributed by atoms with Crippen LogP contribution in [-0.2, 0) is 9.84 Å². The van der Waals surface area contributed by atoms with Crippen LogP contribution < -0.4 is 5.32 Å². The van der Waals surface area contributed by atoms with E-state index in [0.29, 0.717) is 12.8 Å². The van der Waals surface area contributed by atoms with E-state index in [4.69, 9.17) is 0 Å². The van der Waals surface area contributed by atoms with Gasteiger partial charge in [0, 0.05) is 12.4 Å². The molecule has 1 aromatic heterocycles. The molecule has 0 spiro atoms. The van der Waals surface area contributed by atoms with Gasteiger partial charge in [0.25, 0.3) is 0 Å². The highest BCUT2D eigenvalue weighted by Crippen LogP contribution is 2.19. The average Bonchev–Trinajstić information content (AvgIpc) is 2.31. The number of nitrogens with zero attached hydrogens (tertiary/aromatic N) is 2. The number of piperidine rings is 1. The van der Waals surface area contributed by atoms with Gasteiger partial charge in [-0.2, -0.15) is 0 Å². The van der Waals surface area contributed by atoms with E-state index in [0.717, 1.165) is 13.1 Å². The smallest absolute Gasteiger partial charge is 0.200 e. The highest BCUT2D eigenvalue weighted by Gasteiger charge is 2.29. The lowest BCUT2D eigenvalue weighted by Gasteiger charge is -2.21. The molecule has 82 valence electrons. The quantitative estimate of drug-likeness (QED) is 0.770. The summed E-state index contributed by atoms with van der Waals surface area (Å²) in [4.78, 5) is 7.64. The molecule has 2 heterocycles. The van der Waals surface area contributed by atoms with Crippen molar-refractivity contribution in [3.05, 3.63) is 18.6 Å². The van der Waals surface area contributed by atoms with Crippen LogP contribution >= 0.6 is 0 Å². The Labute approximate surface area is 88.9 Å². The molecule has 1 fully saturated rings. The fourth-order valence-electron chi connectivity index (χ4n) is 1.71. The highest BCUT2D eigenvalue weighted by atomic mass is 32.2. The first-order chi connectivity index (χ1) is 7.21. The monoisotopic (exact) mass is 227 g/mol. The maximum atomic E-state index is 12.1. The summed E-state index contributed by atoms with van der Waals surface area (Å²) < 4.78 is 24.1. The number of sulfone groups is 1. The molecular weight excluding hydrogens is 214 g/mol. The van der Waals surface area contributed by atoms with Gasteiger partial charge in [0.1, 0.15) is 0 Å². The summed E-state index contributed by atoms with van der Waals surface area (Å²) in [5, 5.41) is 2.92. The van der Waals surface area contributed by atoms with E-state index in [1.807, 2.05) is 0 Å². The first-order valence-electron chi connectivity index (χ1n) is 4.92. The van der Waals surface area contributed by atoms with Crippen LogP contribution in [0.4, 0.5) is 0 Å². The molecule has 5 nitrogen and oxygen atoms in total. The third-order valence-electron chi connectivity index (χ3n) is 2.56. The Morgan fingerprint density at radius 1 is 1.27 bits per heavy atom. The zero-order valence-corrected chi connectivity index (χ0v) is 9.07. The molecule has 0 atom stereocenters. The summed E-state index contributed by atoms with van der Waals surface area (Å²) in [7, 11) is -3.28. The average molecular weight is 227 g/mol. The van der Waals surface area contributed by atoms with Gasteiger partial charge in [0.15, 0.2) is 14.9 Å². The number of hydrogen-bond donors (Lipinski definition) is 1. The van der Waals surface area contributed by atoms with Crippen molar-refractivity contribution in [2.24, 2.45) is 0 Å². The second-order valence-corrected chi connectivity index (χ2v) is 5.71. The van der Waals surface area contributed by atoms with Crippen molar-refractivity contribution >= 4 is 9.84 Å². The second-order valence-electron chi connectivity index (χ2n) is 3.54. The summed E-state index contributed by atoms with van der Waals surface area (Å²) in [5.41, 5.74) is 0. The van der Waals surface area contributed by atoms with E-state index in [1.165, 1.54) is 18.6 Å². The number of aromatic nitrogens is 2. The number of rotatable bonds is 2. The lowest BCUT2D eigenvalue weighted by Crippen LogP contribution is -2.36. The van der Waals surface area contributed by atoms with E-state index in [1.54, 1.807) is 0 Å². The molecule has 1 aliphatic heterocycles. The molecule has 0 radical (unpaired) electrons. The third-order valence-corrected chi connectivity index (χ3v) is 4.70. The largest absolute Gasteiger partial charge is 0.317 e. The number of hydrogen-bond acceptors (Lipinski definition) is 5. The molecule has 1 aliphatic rings. The van der Waals surface area contributed by atoms with E-state index >= 15 is 0 Å². The van der Waals surface area contributed by atoms with Crippen LogP contribution in [-0.4, -0.2) is 36.7 Å². The maximum Gasteiger partial charge on any atom is 0.200 e. The van der Waals surface area contributed by atoms with Crippen molar-refractivity contribution in [3.63, 3.8) is 0 Å². The van der Waals surface area contributed by atoms with Gasteiger partial charge in [-0.05, 0) is 25.9 Å². The van der Waals surface area contributed by atoms with E-state index in [9.17, 15) is 8.42 Å². The van der Waals surface area contributed by atoms with E-state index < -0.39 is 9.84 Å². The molecule has 0 saturated carbocycles. The van der Waals surface area contributed by atoms with Gasteiger partial charge in [0.05, 0.1) is 11.4 Å². The molecule has 2 rings (SSSR count). The SMILES string of the molecule is O=S(=O)(c1cnccn1)C1CCNCC1. The minimum absolute atomic E-state index is 0.0944. The molecule has 1 N–H and O–H groups in total. The Morgan fingerprint density at radius 2 is 2.00 bits per heavy atom. The summed E-state index contributed by atoms with van der Waals surface area (Å²) in [6, 6.07) is 0. The highest BCUT2D eigenvalue weighted by molar-refractivity contribution is 7.92. The van der Waals surface area contributed by atoms with Gasteiger partial charge in [-0.15, -0.1) is 0 Å². The molecule has 0 amide bonds. The van der Waals surface area contributed by atoms with Crippen LogP contribution in [0.1, 0.15) is 12.8 Å². The first kappa shape index (κ1) is 10.5. The van der Waals surface area contributed by atoms with E-state index in [-0.39, 0.29) is 10.3 Å². The Bertz CT molecular complexity index is 412. The molecule has 0 aliphatic carbocycles. The van der Waals surface area contributed by atoms with Crippen LogP contribution in [0, 0.1) is 0 Å². The fourth-order valence-corrected chi connectivity index (χ4v) is 3.32.